The number of methoxy groups -OCH3 is 1. The van der Waals surface area contributed by atoms with E-state index in [2.05, 4.69) is 20.9 Å². The standard InChI is InChI=1S/C13H12BrNO3/c1-17-12(16)10-13(5-6-13)15-11(18-10)8-3-2-4-9(14)7-8/h2-4,7,10H,5-6H2,1H3. The fourth-order valence-electron chi connectivity index (χ4n) is 2.14. The van der Waals surface area contributed by atoms with Crippen LogP contribution in [-0.2, 0) is 14.3 Å². The number of carbonyl (C=O) groups is 1. The van der Waals surface area contributed by atoms with Gasteiger partial charge in [0.05, 0.1) is 7.11 Å². The van der Waals surface area contributed by atoms with Gasteiger partial charge in [0.1, 0.15) is 5.54 Å². The van der Waals surface area contributed by atoms with E-state index in [1.54, 1.807) is 0 Å². The molecule has 1 spiro atoms. The predicted octanol–water partition coefficient (Wildman–Crippen LogP) is 2.30. The van der Waals surface area contributed by atoms with E-state index in [1.807, 2.05) is 24.3 Å². The number of carbonyl (C=O) groups excluding carboxylic acids is 1. The molecule has 0 bridgehead atoms. The summed E-state index contributed by atoms with van der Waals surface area (Å²) < 4.78 is 11.4. The minimum Gasteiger partial charge on any atom is -0.466 e. The van der Waals surface area contributed by atoms with Gasteiger partial charge in [-0.25, -0.2) is 9.79 Å². The summed E-state index contributed by atoms with van der Waals surface area (Å²) in [4.78, 5) is 16.2. The second-order valence-corrected chi connectivity index (χ2v) is 5.47. The van der Waals surface area contributed by atoms with Crippen molar-refractivity contribution in [1.29, 1.82) is 0 Å². The number of aliphatic imine (C=N–C) groups is 1. The van der Waals surface area contributed by atoms with Crippen LogP contribution < -0.4 is 0 Å². The highest BCUT2D eigenvalue weighted by Gasteiger charge is 2.59. The molecule has 0 radical (unpaired) electrons. The molecule has 1 aliphatic carbocycles. The van der Waals surface area contributed by atoms with Crippen molar-refractivity contribution in [3.8, 4) is 0 Å². The third-order valence-corrected chi connectivity index (χ3v) is 3.78. The summed E-state index contributed by atoms with van der Waals surface area (Å²) in [7, 11) is 1.37. The Balaban J connectivity index is 1.91. The van der Waals surface area contributed by atoms with Gasteiger partial charge in [-0.2, -0.15) is 0 Å². The van der Waals surface area contributed by atoms with Crippen molar-refractivity contribution in [3.05, 3.63) is 34.3 Å². The smallest absolute Gasteiger partial charge is 0.349 e. The van der Waals surface area contributed by atoms with Gasteiger partial charge in [0.2, 0.25) is 12.0 Å². The lowest BCUT2D eigenvalue weighted by molar-refractivity contribution is -0.149. The molecular weight excluding hydrogens is 298 g/mol. The third-order valence-electron chi connectivity index (χ3n) is 3.29. The molecule has 0 amide bonds. The van der Waals surface area contributed by atoms with Crippen molar-refractivity contribution in [1.82, 2.24) is 0 Å². The number of hydrogen-bond donors (Lipinski definition) is 0. The largest absolute Gasteiger partial charge is 0.466 e. The molecule has 1 fully saturated rings. The van der Waals surface area contributed by atoms with Crippen LogP contribution in [0.15, 0.2) is 33.7 Å². The highest BCUT2D eigenvalue weighted by Crippen LogP contribution is 2.48. The van der Waals surface area contributed by atoms with Gasteiger partial charge in [-0.05, 0) is 31.0 Å². The number of halogens is 1. The first-order valence-corrected chi connectivity index (χ1v) is 6.54. The summed E-state index contributed by atoms with van der Waals surface area (Å²) in [6.07, 6.45) is 1.17. The fourth-order valence-corrected chi connectivity index (χ4v) is 2.54. The molecule has 1 saturated carbocycles. The van der Waals surface area contributed by atoms with E-state index in [-0.39, 0.29) is 11.5 Å². The van der Waals surface area contributed by atoms with Crippen LogP contribution in [0.4, 0.5) is 0 Å². The Morgan fingerprint density at radius 2 is 2.33 bits per heavy atom. The Kier molecular flexibility index (Phi) is 2.66. The van der Waals surface area contributed by atoms with Gasteiger partial charge >= 0.3 is 5.97 Å². The normalized spacial score (nSPS) is 23.4. The SMILES string of the molecule is COC(=O)C1OC(c2cccc(Br)c2)=NC12CC2. The minimum absolute atomic E-state index is 0.346. The number of nitrogens with zero attached hydrogens (tertiary/aromatic N) is 1. The monoisotopic (exact) mass is 309 g/mol. The van der Waals surface area contributed by atoms with Crippen molar-refractivity contribution in [3.63, 3.8) is 0 Å². The number of ether oxygens (including phenoxy) is 2. The average molecular weight is 310 g/mol. The molecule has 94 valence electrons. The lowest BCUT2D eigenvalue weighted by Crippen LogP contribution is -2.34. The Bertz CT molecular complexity index is 537. The summed E-state index contributed by atoms with van der Waals surface area (Å²) in [5.41, 5.74) is 0.507. The molecule has 1 heterocycles. The van der Waals surface area contributed by atoms with E-state index >= 15 is 0 Å². The van der Waals surface area contributed by atoms with Gasteiger partial charge in [0.15, 0.2) is 0 Å². The van der Waals surface area contributed by atoms with Crippen molar-refractivity contribution in [2.24, 2.45) is 4.99 Å². The maximum atomic E-state index is 11.7. The Hall–Kier alpha value is -1.36. The van der Waals surface area contributed by atoms with Crippen LogP contribution in [0.5, 0.6) is 0 Å². The van der Waals surface area contributed by atoms with Gasteiger partial charge in [-0.3, -0.25) is 0 Å². The first kappa shape index (κ1) is 11.7. The minimum atomic E-state index is -0.587. The molecule has 1 unspecified atom stereocenters. The van der Waals surface area contributed by atoms with Gasteiger partial charge < -0.3 is 9.47 Å². The van der Waals surface area contributed by atoms with E-state index in [0.717, 1.165) is 22.9 Å². The molecular formula is C13H12BrNO3. The molecule has 5 heteroatoms. The van der Waals surface area contributed by atoms with Crippen LogP contribution in [0, 0.1) is 0 Å². The summed E-state index contributed by atoms with van der Waals surface area (Å²) in [5, 5.41) is 0. The molecule has 1 aromatic carbocycles. The first-order chi connectivity index (χ1) is 8.64. The average Bonchev–Trinajstić information content (AvgIpc) is 3.02. The van der Waals surface area contributed by atoms with Crippen molar-refractivity contribution < 1.29 is 14.3 Å². The second kappa shape index (κ2) is 4.09. The quantitative estimate of drug-likeness (QED) is 0.788. The van der Waals surface area contributed by atoms with E-state index < -0.39 is 6.10 Å². The van der Waals surface area contributed by atoms with Crippen LogP contribution >= 0.6 is 15.9 Å². The number of benzene rings is 1. The highest BCUT2D eigenvalue weighted by molar-refractivity contribution is 9.10. The van der Waals surface area contributed by atoms with Gasteiger partial charge in [0.25, 0.3) is 0 Å². The number of hydrogen-bond acceptors (Lipinski definition) is 4. The van der Waals surface area contributed by atoms with Gasteiger partial charge in [-0.15, -0.1) is 0 Å². The van der Waals surface area contributed by atoms with E-state index in [4.69, 9.17) is 9.47 Å². The van der Waals surface area contributed by atoms with Crippen LogP contribution in [0.3, 0.4) is 0 Å². The first-order valence-electron chi connectivity index (χ1n) is 5.75. The molecule has 18 heavy (non-hydrogen) atoms. The molecule has 4 nitrogen and oxygen atoms in total. The zero-order valence-corrected chi connectivity index (χ0v) is 11.4. The van der Waals surface area contributed by atoms with E-state index in [0.29, 0.717) is 5.90 Å². The Morgan fingerprint density at radius 3 is 2.94 bits per heavy atom. The third kappa shape index (κ3) is 1.82. The summed E-state index contributed by atoms with van der Waals surface area (Å²) in [6.45, 7) is 0. The highest BCUT2D eigenvalue weighted by atomic mass is 79.9. The lowest BCUT2D eigenvalue weighted by Gasteiger charge is -2.13. The van der Waals surface area contributed by atoms with E-state index in [1.165, 1.54) is 7.11 Å². The Labute approximate surface area is 113 Å². The fraction of sp³-hybridized carbons (Fsp3) is 0.385. The van der Waals surface area contributed by atoms with Gasteiger partial charge in [0, 0.05) is 10.0 Å². The lowest BCUT2D eigenvalue weighted by atomic mass is 10.1. The summed E-state index contributed by atoms with van der Waals surface area (Å²) in [6, 6.07) is 7.69. The predicted molar refractivity (Wildman–Crippen MR) is 69.5 cm³/mol. The van der Waals surface area contributed by atoms with Crippen LogP contribution in [-0.4, -0.2) is 30.6 Å². The summed E-state index contributed by atoms with van der Waals surface area (Å²) >= 11 is 3.41. The maximum Gasteiger partial charge on any atom is 0.349 e. The van der Waals surface area contributed by atoms with Crippen molar-refractivity contribution in [2.45, 2.75) is 24.5 Å². The zero-order valence-electron chi connectivity index (χ0n) is 9.85. The zero-order chi connectivity index (χ0) is 12.8. The van der Waals surface area contributed by atoms with Crippen molar-refractivity contribution >= 4 is 27.8 Å². The van der Waals surface area contributed by atoms with Crippen LogP contribution in [0.25, 0.3) is 0 Å². The molecule has 0 N–H and O–H groups in total. The Morgan fingerprint density at radius 1 is 1.56 bits per heavy atom. The molecule has 0 saturated heterocycles. The second-order valence-electron chi connectivity index (χ2n) is 4.55. The topological polar surface area (TPSA) is 47.9 Å². The van der Waals surface area contributed by atoms with Crippen molar-refractivity contribution in [2.75, 3.05) is 7.11 Å². The van der Waals surface area contributed by atoms with Crippen LogP contribution in [0.1, 0.15) is 18.4 Å². The van der Waals surface area contributed by atoms with E-state index in [9.17, 15) is 4.79 Å². The van der Waals surface area contributed by atoms with Crippen LogP contribution in [0.2, 0.25) is 0 Å². The van der Waals surface area contributed by atoms with Gasteiger partial charge in [-0.1, -0.05) is 22.0 Å². The number of rotatable bonds is 2. The summed E-state index contributed by atoms with van der Waals surface area (Å²) in [5.74, 6) is 0.186. The molecule has 2 aliphatic rings. The molecule has 1 aromatic rings. The molecule has 0 aromatic heterocycles. The molecule has 1 atom stereocenters. The molecule has 1 aliphatic heterocycles. The molecule has 3 rings (SSSR count). The maximum absolute atomic E-state index is 11.7. The number of esters is 1.